The van der Waals surface area contributed by atoms with E-state index in [2.05, 4.69) is 5.10 Å². The van der Waals surface area contributed by atoms with Gasteiger partial charge in [-0.2, -0.15) is 5.10 Å². The molecule has 20 heavy (non-hydrogen) atoms. The summed E-state index contributed by atoms with van der Waals surface area (Å²) in [6.07, 6.45) is 0. The summed E-state index contributed by atoms with van der Waals surface area (Å²) in [6, 6.07) is 6.77. The van der Waals surface area contributed by atoms with Crippen LogP contribution in [0.15, 0.2) is 24.3 Å². The molecule has 1 aromatic carbocycles. The van der Waals surface area contributed by atoms with Crippen LogP contribution in [0.3, 0.4) is 0 Å². The molecule has 0 unspecified atom stereocenters. The second-order valence-electron chi connectivity index (χ2n) is 4.37. The zero-order valence-electron chi connectivity index (χ0n) is 11.4. The molecule has 2 aromatic rings. The van der Waals surface area contributed by atoms with Gasteiger partial charge >= 0.3 is 5.97 Å². The first-order valence-electron chi connectivity index (χ1n) is 6.27. The number of ether oxygens (including phenoxy) is 1. The van der Waals surface area contributed by atoms with Crippen molar-refractivity contribution in [3.8, 4) is 0 Å². The average molecular weight is 294 g/mol. The van der Waals surface area contributed by atoms with Gasteiger partial charge in [0.05, 0.1) is 27.7 Å². The van der Waals surface area contributed by atoms with Crippen LogP contribution in [0.2, 0.25) is 5.02 Å². The van der Waals surface area contributed by atoms with E-state index in [1.165, 1.54) is 0 Å². The monoisotopic (exact) mass is 293 g/mol. The summed E-state index contributed by atoms with van der Waals surface area (Å²) < 4.78 is 7.06. The number of benzene rings is 1. The summed E-state index contributed by atoms with van der Waals surface area (Å²) in [6.45, 7) is 4.75. The number of anilines is 1. The minimum Gasteiger partial charge on any atom is -0.456 e. The highest BCUT2D eigenvalue weighted by atomic mass is 35.5. The quantitative estimate of drug-likeness (QED) is 0.695. The first-order valence-corrected chi connectivity index (χ1v) is 6.65. The molecule has 0 aliphatic rings. The van der Waals surface area contributed by atoms with E-state index in [9.17, 15) is 4.79 Å². The third-order valence-electron chi connectivity index (χ3n) is 2.91. The maximum atomic E-state index is 12.0. The number of halogens is 1. The van der Waals surface area contributed by atoms with Gasteiger partial charge in [0.1, 0.15) is 6.61 Å². The molecule has 2 rings (SSSR count). The van der Waals surface area contributed by atoms with E-state index in [4.69, 9.17) is 22.1 Å². The first-order chi connectivity index (χ1) is 9.52. The highest BCUT2D eigenvalue weighted by Gasteiger charge is 2.14. The number of aryl methyl sites for hydroxylation is 2. The molecule has 0 atom stereocenters. The Hall–Kier alpha value is -2.01. The predicted molar refractivity (Wildman–Crippen MR) is 77.6 cm³/mol. The fourth-order valence-corrected chi connectivity index (χ4v) is 2.10. The van der Waals surface area contributed by atoms with Crippen molar-refractivity contribution in [1.82, 2.24) is 9.78 Å². The summed E-state index contributed by atoms with van der Waals surface area (Å²) in [7, 11) is 0. The molecule has 0 bridgehead atoms. The topological polar surface area (TPSA) is 70.1 Å². The molecule has 0 fully saturated rings. The van der Waals surface area contributed by atoms with Gasteiger partial charge in [-0.3, -0.25) is 4.68 Å². The van der Waals surface area contributed by atoms with Gasteiger partial charge in [0.2, 0.25) is 0 Å². The van der Waals surface area contributed by atoms with E-state index in [0.717, 1.165) is 17.9 Å². The number of esters is 1. The van der Waals surface area contributed by atoms with E-state index in [-0.39, 0.29) is 17.9 Å². The number of para-hydroxylation sites is 1. The SMILES string of the molecule is CCn1nc(C)cc1COC(=O)c1cccc(Cl)c1N. The standard InChI is InChI=1S/C14H16ClN3O2/c1-3-18-10(7-9(2)17-18)8-20-14(19)11-5-4-6-12(15)13(11)16/h4-7H,3,8,16H2,1-2H3. The lowest BCUT2D eigenvalue weighted by atomic mass is 10.2. The van der Waals surface area contributed by atoms with Crippen LogP contribution < -0.4 is 5.73 Å². The van der Waals surface area contributed by atoms with E-state index < -0.39 is 5.97 Å². The van der Waals surface area contributed by atoms with Gasteiger partial charge < -0.3 is 10.5 Å². The predicted octanol–water partition coefficient (Wildman–Crippen LogP) is 2.80. The maximum Gasteiger partial charge on any atom is 0.340 e. The lowest BCUT2D eigenvalue weighted by Crippen LogP contribution is -2.11. The smallest absolute Gasteiger partial charge is 0.340 e. The fourth-order valence-electron chi connectivity index (χ4n) is 1.92. The number of carbonyl (C=O) groups is 1. The molecular formula is C14H16ClN3O2. The average Bonchev–Trinajstić information content (AvgIpc) is 2.79. The molecule has 0 aliphatic carbocycles. The Balaban J connectivity index is 2.10. The Bertz CT molecular complexity index is 637. The highest BCUT2D eigenvalue weighted by Crippen LogP contribution is 2.23. The number of nitrogen functional groups attached to an aromatic ring is 1. The highest BCUT2D eigenvalue weighted by molar-refractivity contribution is 6.33. The molecule has 2 N–H and O–H groups in total. The summed E-state index contributed by atoms with van der Waals surface area (Å²) in [5.41, 5.74) is 8.01. The number of hydrogen-bond donors (Lipinski definition) is 1. The number of aromatic nitrogens is 2. The van der Waals surface area contributed by atoms with Gasteiger partial charge in [-0.25, -0.2) is 4.79 Å². The minimum atomic E-state index is -0.494. The van der Waals surface area contributed by atoms with Gasteiger partial charge in [-0.15, -0.1) is 0 Å². The second-order valence-corrected chi connectivity index (χ2v) is 4.78. The van der Waals surface area contributed by atoms with Crippen LogP contribution in [0.5, 0.6) is 0 Å². The van der Waals surface area contributed by atoms with Crippen molar-refractivity contribution < 1.29 is 9.53 Å². The van der Waals surface area contributed by atoms with Gasteiger partial charge in [0.15, 0.2) is 0 Å². The molecule has 0 radical (unpaired) electrons. The molecule has 106 valence electrons. The minimum absolute atomic E-state index is 0.152. The molecule has 0 spiro atoms. The van der Waals surface area contributed by atoms with Gasteiger partial charge in [-0.1, -0.05) is 17.7 Å². The van der Waals surface area contributed by atoms with Crippen LogP contribution in [0.1, 0.15) is 28.7 Å². The Labute approximate surface area is 122 Å². The van der Waals surface area contributed by atoms with Crippen LogP contribution >= 0.6 is 11.6 Å². The zero-order valence-corrected chi connectivity index (χ0v) is 12.1. The van der Waals surface area contributed by atoms with Gasteiger partial charge in [0.25, 0.3) is 0 Å². The molecular weight excluding hydrogens is 278 g/mol. The Kier molecular flexibility index (Phi) is 4.29. The van der Waals surface area contributed by atoms with Crippen LogP contribution in [-0.2, 0) is 17.9 Å². The molecule has 0 amide bonds. The first kappa shape index (κ1) is 14.4. The summed E-state index contributed by atoms with van der Waals surface area (Å²) >= 11 is 5.88. The lowest BCUT2D eigenvalue weighted by molar-refractivity contribution is 0.0463. The van der Waals surface area contributed by atoms with Crippen molar-refractivity contribution in [3.63, 3.8) is 0 Å². The molecule has 5 nitrogen and oxygen atoms in total. The molecule has 0 saturated carbocycles. The number of nitrogens with two attached hydrogens (primary N) is 1. The molecule has 1 heterocycles. The van der Waals surface area contributed by atoms with Crippen molar-refractivity contribution in [1.29, 1.82) is 0 Å². The van der Waals surface area contributed by atoms with Gasteiger partial charge in [-0.05, 0) is 32.0 Å². The van der Waals surface area contributed by atoms with Crippen LogP contribution in [0.25, 0.3) is 0 Å². The van der Waals surface area contributed by atoms with Crippen molar-refractivity contribution in [2.75, 3.05) is 5.73 Å². The largest absolute Gasteiger partial charge is 0.456 e. The van der Waals surface area contributed by atoms with E-state index in [1.807, 2.05) is 19.9 Å². The normalized spacial score (nSPS) is 10.6. The van der Waals surface area contributed by atoms with Crippen molar-refractivity contribution >= 4 is 23.3 Å². The molecule has 1 aromatic heterocycles. The number of nitrogens with zero attached hydrogens (tertiary/aromatic N) is 2. The third kappa shape index (κ3) is 2.93. The molecule has 0 saturated heterocycles. The number of rotatable bonds is 4. The third-order valence-corrected chi connectivity index (χ3v) is 3.24. The Morgan fingerprint density at radius 2 is 2.25 bits per heavy atom. The maximum absolute atomic E-state index is 12.0. The zero-order chi connectivity index (χ0) is 14.7. The fraction of sp³-hybridized carbons (Fsp3) is 0.286. The van der Waals surface area contributed by atoms with Crippen molar-refractivity contribution in [2.24, 2.45) is 0 Å². The lowest BCUT2D eigenvalue weighted by Gasteiger charge is -2.08. The van der Waals surface area contributed by atoms with Crippen LogP contribution in [0, 0.1) is 6.92 Å². The number of hydrogen-bond acceptors (Lipinski definition) is 4. The second kappa shape index (κ2) is 5.96. The number of carbonyl (C=O) groups excluding carboxylic acids is 1. The van der Waals surface area contributed by atoms with Crippen molar-refractivity contribution in [2.45, 2.75) is 27.0 Å². The van der Waals surface area contributed by atoms with E-state index in [0.29, 0.717) is 5.02 Å². The van der Waals surface area contributed by atoms with Crippen molar-refractivity contribution in [3.05, 3.63) is 46.2 Å². The summed E-state index contributed by atoms with van der Waals surface area (Å²) in [4.78, 5) is 12.0. The summed E-state index contributed by atoms with van der Waals surface area (Å²) in [5.74, 6) is -0.494. The Morgan fingerprint density at radius 1 is 1.50 bits per heavy atom. The van der Waals surface area contributed by atoms with Crippen LogP contribution in [-0.4, -0.2) is 15.7 Å². The van der Waals surface area contributed by atoms with E-state index >= 15 is 0 Å². The van der Waals surface area contributed by atoms with Gasteiger partial charge in [0, 0.05) is 6.54 Å². The van der Waals surface area contributed by atoms with E-state index in [1.54, 1.807) is 22.9 Å². The molecule has 6 heteroatoms. The summed E-state index contributed by atoms with van der Waals surface area (Å²) in [5, 5.41) is 4.63. The van der Waals surface area contributed by atoms with Crippen LogP contribution in [0.4, 0.5) is 5.69 Å². The Morgan fingerprint density at radius 3 is 2.95 bits per heavy atom. The molecule has 0 aliphatic heterocycles.